The third-order valence-electron chi connectivity index (χ3n) is 4.36. The zero-order chi connectivity index (χ0) is 21.1. The number of benzene rings is 2. The Morgan fingerprint density at radius 1 is 1.23 bits per heavy atom. The molecule has 1 aliphatic heterocycles. The second-order valence-electron chi connectivity index (χ2n) is 6.23. The number of nitrogens with zero attached hydrogens (tertiary/aromatic N) is 3. The summed E-state index contributed by atoms with van der Waals surface area (Å²) < 4.78 is 16.8. The Morgan fingerprint density at radius 3 is 2.83 bits per heavy atom. The van der Waals surface area contributed by atoms with Crippen LogP contribution in [0.3, 0.4) is 0 Å². The number of thioether (sulfide) groups is 1. The Labute approximate surface area is 176 Å². The number of ether oxygens (including phenoxy) is 3. The summed E-state index contributed by atoms with van der Waals surface area (Å²) in [6.07, 6.45) is 1.28. The molecule has 0 amide bonds. The second-order valence-corrected chi connectivity index (χ2v) is 7.01. The number of aromatic nitrogens is 3. The van der Waals surface area contributed by atoms with Gasteiger partial charge in [-0.15, -0.1) is 10.2 Å². The van der Waals surface area contributed by atoms with Crippen molar-refractivity contribution in [2.24, 2.45) is 0 Å². The van der Waals surface area contributed by atoms with E-state index in [2.05, 4.69) is 20.5 Å². The summed E-state index contributed by atoms with van der Waals surface area (Å²) >= 11 is 1.40. The highest BCUT2D eigenvalue weighted by atomic mass is 32.2. The van der Waals surface area contributed by atoms with Crippen molar-refractivity contribution < 1.29 is 24.1 Å². The van der Waals surface area contributed by atoms with Crippen LogP contribution in [0.15, 0.2) is 47.6 Å². The summed E-state index contributed by atoms with van der Waals surface area (Å²) in [5, 5.41) is 21.0. The van der Waals surface area contributed by atoms with Crippen molar-refractivity contribution in [3.05, 3.63) is 48.0 Å². The van der Waals surface area contributed by atoms with Crippen molar-refractivity contribution in [2.45, 2.75) is 11.4 Å². The second kappa shape index (κ2) is 8.46. The Kier molecular flexibility index (Phi) is 5.57. The minimum atomic E-state index is -1.07. The molecule has 2 N–H and O–H groups in total. The number of nitrogens with one attached hydrogen (secondary N) is 1. The lowest BCUT2D eigenvalue weighted by Gasteiger charge is -2.20. The number of carboxylic acids is 1. The van der Waals surface area contributed by atoms with E-state index >= 15 is 0 Å². The lowest BCUT2D eigenvalue weighted by Crippen LogP contribution is -2.17. The Balaban J connectivity index is 1.73. The van der Waals surface area contributed by atoms with E-state index in [1.54, 1.807) is 18.2 Å². The number of anilines is 1. The fraction of sp³-hybridized carbons (Fsp3) is 0.200. The first-order valence-electron chi connectivity index (χ1n) is 8.93. The molecule has 2 heterocycles. The van der Waals surface area contributed by atoms with E-state index in [1.807, 2.05) is 30.5 Å². The van der Waals surface area contributed by atoms with Gasteiger partial charge in [0.05, 0.1) is 7.11 Å². The molecule has 1 aliphatic rings. The van der Waals surface area contributed by atoms with Crippen LogP contribution < -0.4 is 19.5 Å². The van der Waals surface area contributed by atoms with Gasteiger partial charge in [0.25, 0.3) is 5.88 Å². The molecule has 0 aliphatic carbocycles. The van der Waals surface area contributed by atoms with E-state index in [0.29, 0.717) is 28.2 Å². The topological polar surface area (TPSA) is 116 Å². The van der Waals surface area contributed by atoms with E-state index < -0.39 is 18.8 Å². The number of hydrogen-bond donors (Lipinski definition) is 2. The zero-order valence-electron chi connectivity index (χ0n) is 16.2. The maximum atomic E-state index is 10.8. The SMILES string of the molecule is COc1cc([C@@H]2Nc3ccccc3-c3nc(SC)nnc3O2)ccc1OCC(=O)O. The average Bonchev–Trinajstić information content (AvgIpc) is 2.94. The van der Waals surface area contributed by atoms with Gasteiger partial charge in [-0.25, -0.2) is 9.78 Å². The summed E-state index contributed by atoms with van der Waals surface area (Å²) in [4.78, 5) is 15.4. The van der Waals surface area contributed by atoms with E-state index in [-0.39, 0.29) is 0 Å². The van der Waals surface area contributed by atoms with Crippen LogP contribution in [0.4, 0.5) is 5.69 Å². The fourth-order valence-electron chi connectivity index (χ4n) is 3.00. The molecule has 30 heavy (non-hydrogen) atoms. The minimum absolute atomic E-state index is 0.306. The van der Waals surface area contributed by atoms with Gasteiger partial charge in [-0.3, -0.25) is 0 Å². The van der Waals surface area contributed by atoms with Gasteiger partial charge in [-0.2, -0.15) is 0 Å². The summed E-state index contributed by atoms with van der Waals surface area (Å²) in [7, 11) is 1.48. The highest BCUT2D eigenvalue weighted by Gasteiger charge is 2.26. The van der Waals surface area contributed by atoms with Gasteiger partial charge in [0.1, 0.15) is 5.69 Å². The highest BCUT2D eigenvalue weighted by Crippen LogP contribution is 2.40. The molecule has 0 bridgehead atoms. The van der Waals surface area contributed by atoms with Gasteiger partial charge >= 0.3 is 5.97 Å². The van der Waals surface area contributed by atoms with Crippen LogP contribution >= 0.6 is 11.8 Å². The molecule has 0 spiro atoms. The number of carboxylic acid groups (broad SMARTS) is 1. The third-order valence-corrected chi connectivity index (χ3v) is 4.90. The van der Waals surface area contributed by atoms with E-state index in [0.717, 1.165) is 16.8 Å². The van der Waals surface area contributed by atoms with E-state index in [1.165, 1.54) is 18.9 Å². The van der Waals surface area contributed by atoms with Crippen molar-refractivity contribution in [1.82, 2.24) is 15.2 Å². The predicted molar refractivity (Wildman–Crippen MR) is 110 cm³/mol. The van der Waals surface area contributed by atoms with Crippen molar-refractivity contribution in [3.8, 4) is 28.6 Å². The first kappa shape index (κ1) is 19.8. The molecule has 0 fully saturated rings. The Morgan fingerprint density at radius 2 is 2.07 bits per heavy atom. The number of methoxy groups -OCH3 is 1. The number of carbonyl (C=O) groups is 1. The monoisotopic (exact) mass is 426 g/mol. The molecule has 1 atom stereocenters. The van der Waals surface area contributed by atoms with E-state index in [9.17, 15) is 4.79 Å². The average molecular weight is 426 g/mol. The lowest BCUT2D eigenvalue weighted by atomic mass is 10.1. The van der Waals surface area contributed by atoms with Crippen molar-refractivity contribution in [2.75, 3.05) is 25.3 Å². The van der Waals surface area contributed by atoms with Crippen molar-refractivity contribution >= 4 is 23.4 Å². The van der Waals surface area contributed by atoms with Gasteiger partial charge in [-0.05, 0) is 30.5 Å². The molecular formula is C20H18N4O5S. The standard InChI is InChI=1S/C20H18N4O5S/c1-27-15-9-11(7-8-14(15)28-10-16(25)26)18-21-13-6-4-3-5-12(13)17-19(29-18)23-24-20(22-17)30-2/h3-9,18,21H,10H2,1-2H3,(H,25,26)/t18-/m1/s1. The van der Waals surface area contributed by atoms with Gasteiger partial charge in [0.2, 0.25) is 5.16 Å². The summed E-state index contributed by atoms with van der Waals surface area (Å²) in [6.45, 7) is -0.465. The molecule has 0 radical (unpaired) electrons. The van der Waals surface area contributed by atoms with Crippen molar-refractivity contribution in [3.63, 3.8) is 0 Å². The van der Waals surface area contributed by atoms with Crippen LogP contribution in [0.25, 0.3) is 11.3 Å². The summed E-state index contributed by atoms with van der Waals surface area (Å²) in [5.41, 5.74) is 3.02. The predicted octanol–water partition coefficient (Wildman–Crippen LogP) is 3.24. The summed E-state index contributed by atoms with van der Waals surface area (Å²) in [6, 6.07) is 12.8. The van der Waals surface area contributed by atoms with Gasteiger partial charge in [-0.1, -0.05) is 30.0 Å². The Hall–Kier alpha value is -3.53. The van der Waals surface area contributed by atoms with Gasteiger partial charge in [0.15, 0.2) is 24.3 Å². The largest absolute Gasteiger partial charge is 0.493 e. The highest BCUT2D eigenvalue weighted by molar-refractivity contribution is 7.98. The van der Waals surface area contributed by atoms with Crippen molar-refractivity contribution in [1.29, 1.82) is 0 Å². The van der Waals surface area contributed by atoms with Crippen LogP contribution in [0, 0.1) is 0 Å². The smallest absolute Gasteiger partial charge is 0.341 e. The molecule has 0 saturated heterocycles. The zero-order valence-corrected chi connectivity index (χ0v) is 17.0. The molecule has 1 aromatic heterocycles. The molecule has 4 rings (SSSR count). The number of aliphatic carboxylic acids is 1. The molecule has 10 heteroatoms. The first-order chi connectivity index (χ1) is 14.6. The summed E-state index contributed by atoms with van der Waals surface area (Å²) in [5.74, 6) is -0.0535. The quantitative estimate of drug-likeness (QED) is 0.569. The maximum Gasteiger partial charge on any atom is 0.341 e. The fourth-order valence-corrected chi connectivity index (χ4v) is 3.30. The van der Waals surface area contributed by atoms with Crippen LogP contribution in [0.2, 0.25) is 0 Å². The number of hydrogen-bond acceptors (Lipinski definition) is 9. The molecule has 0 unspecified atom stereocenters. The maximum absolute atomic E-state index is 10.8. The van der Waals surface area contributed by atoms with Crippen LogP contribution in [0.1, 0.15) is 11.8 Å². The number of rotatable bonds is 6. The van der Waals surface area contributed by atoms with Crippen LogP contribution in [-0.2, 0) is 4.79 Å². The lowest BCUT2D eigenvalue weighted by molar-refractivity contribution is -0.139. The van der Waals surface area contributed by atoms with Crippen LogP contribution in [0.5, 0.6) is 17.4 Å². The molecular weight excluding hydrogens is 408 g/mol. The normalized spacial score (nSPS) is 14.4. The van der Waals surface area contributed by atoms with Gasteiger partial charge < -0.3 is 24.6 Å². The number of fused-ring (bicyclic) bond motifs is 3. The Bertz CT molecular complexity index is 1090. The molecule has 3 aromatic rings. The number of para-hydroxylation sites is 1. The van der Waals surface area contributed by atoms with Crippen LogP contribution in [-0.4, -0.2) is 46.2 Å². The minimum Gasteiger partial charge on any atom is -0.493 e. The van der Waals surface area contributed by atoms with Gasteiger partial charge in [0, 0.05) is 16.8 Å². The van der Waals surface area contributed by atoms with E-state index in [4.69, 9.17) is 19.3 Å². The first-order valence-corrected chi connectivity index (χ1v) is 10.2. The third kappa shape index (κ3) is 3.94. The molecule has 9 nitrogen and oxygen atoms in total. The molecule has 0 saturated carbocycles. The molecule has 2 aromatic carbocycles. The molecule has 154 valence electrons.